The maximum Gasteiger partial charge on any atom is 0.220 e. The number of phenolic OH excluding ortho intramolecular Hbond substituents is 1. The Bertz CT molecular complexity index is 439. The number of aromatic hydroxyl groups is 1. The quantitative estimate of drug-likeness (QED) is 0.598. The Kier molecular flexibility index (Phi) is 3.97. The topological polar surface area (TPSA) is 104 Å². The van der Waals surface area contributed by atoms with Gasteiger partial charge in [-0.15, -0.1) is 0 Å². The van der Waals surface area contributed by atoms with Gasteiger partial charge in [-0.05, 0) is 12.1 Å². The van der Waals surface area contributed by atoms with Crippen LogP contribution in [0.3, 0.4) is 0 Å². The summed E-state index contributed by atoms with van der Waals surface area (Å²) in [5.41, 5.74) is 4.22. The van der Waals surface area contributed by atoms with E-state index in [0.29, 0.717) is 0 Å². The molecule has 0 saturated heterocycles. The molecule has 17 heavy (non-hydrogen) atoms. The molecule has 0 radical (unpaired) electrons. The van der Waals surface area contributed by atoms with Gasteiger partial charge in [0.05, 0.1) is 12.5 Å². The fourth-order valence-electron chi connectivity index (χ4n) is 1.31. The van der Waals surface area contributed by atoms with Gasteiger partial charge in [-0.2, -0.15) is 4.39 Å². The summed E-state index contributed by atoms with van der Waals surface area (Å²) in [6.45, 7) is 0. The van der Waals surface area contributed by atoms with Crippen LogP contribution in [0, 0.1) is 11.6 Å². The van der Waals surface area contributed by atoms with Gasteiger partial charge in [-0.3, -0.25) is 4.79 Å². The van der Waals surface area contributed by atoms with Crippen LogP contribution in [0.2, 0.25) is 0 Å². The Labute approximate surface area is 95.1 Å². The summed E-state index contributed by atoms with van der Waals surface area (Å²) in [6, 6.07) is 1.73. The molecule has 0 aliphatic rings. The lowest BCUT2D eigenvalue weighted by Crippen LogP contribution is -2.26. The Morgan fingerprint density at radius 1 is 1.29 bits per heavy atom. The highest BCUT2D eigenvalue weighted by atomic mass is 19.2. The summed E-state index contributed by atoms with van der Waals surface area (Å²) in [6.07, 6.45) is -4.05. The first-order valence-electron chi connectivity index (χ1n) is 4.66. The third kappa shape index (κ3) is 2.89. The van der Waals surface area contributed by atoms with E-state index < -0.39 is 47.5 Å². The van der Waals surface area contributed by atoms with Crippen LogP contribution in [0.1, 0.15) is 18.1 Å². The van der Waals surface area contributed by atoms with Crippen LogP contribution in [0.25, 0.3) is 0 Å². The highest BCUT2D eigenvalue weighted by Gasteiger charge is 2.25. The Morgan fingerprint density at radius 3 is 2.41 bits per heavy atom. The Morgan fingerprint density at radius 2 is 1.88 bits per heavy atom. The molecule has 0 fully saturated rings. The summed E-state index contributed by atoms with van der Waals surface area (Å²) in [5.74, 6) is -4.83. The molecule has 1 rings (SSSR count). The van der Waals surface area contributed by atoms with E-state index in [1.807, 2.05) is 0 Å². The number of halogens is 2. The van der Waals surface area contributed by atoms with E-state index in [0.717, 1.165) is 12.1 Å². The van der Waals surface area contributed by atoms with Crippen molar-refractivity contribution in [2.24, 2.45) is 5.73 Å². The van der Waals surface area contributed by atoms with E-state index in [1.54, 1.807) is 0 Å². The number of hydrogen-bond acceptors (Lipinski definition) is 4. The van der Waals surface area contributed by atoms with Crippen molar-refractivity contribution in [3.63, 3.8) is 0 Å². The van der Waals surface area contributed by atoms with Crippen molar-refractivity contribution < 1.29 is 28.9 Å². The van der Waals surface area contributed by atoms with Crippen molar-refractivity contribution in [3.8, 4) is 5.75 Å². The summed E-state index contributed by atoms with van der Waals surface area (Å²) >= 11 is 0. The lowest BCUT2D eigenvalue weighted by molar-refractivity contribution is -0.121. The molecule has 94 valence electrons. The van der Waals surface area contributed by atoms with Gasteiger partial charge in [0.25, 0.3) is 0 Å². The molecular formula is C10H11F2NO4. The molecule has 1 aromatic rings. The maximum absolute atomic E-state index is 13.3. The molecule has 1 aromatic carbocycles. The molecule has 2 atom stereocenters. The monoisotopic (exact) mass is 247 g/mol. The molecule has 0 saturated carbocycles. The highest BCUT2D eigenvalue weighted by Crippen LogP contribution is 2.27. The van der Waals surface area contributed by atoms with Crippen molar-refractivity contribution in [2.75, 3.05) is 0 Å². The zero-order valence-electron chi connectivity index (χ0n) is 8.60. The van der Waals surface area contributed by atoms with E-state index in [2.05, 4.69) is 0 Å². The summed E-state index contributed by atoms with van der Waals surface area (Å²) < 4.78 is 26.3. The van der Waals surface area contributed by atoms with Crippen LogP contribution < -0.4 is 5.73 Å². The number of benzene rings is 1. The van der Waals surface area contributed by atoms with E-state index >= 15 is 0 Å². The second-order valence-corrected chi connectivity index (χ2v) is 3.48. The number of primary amides is 1. The molecule has 0 heterocycles. The van der Waals surface area contributed by atoms with Crippen LogP contribution in [0.4, 0.5) is 8.78 Å². The average molecular weight is 247 g/mol. The van der Waals surface area contributed by atoms with Gasteiger partial charge in [0.15, 0.2) is 11.6 Å². The molecule has 2 unspecified atom stereocenters. The third-order valence-corrected chi connectivity index (χ3v) is 2.19. The van der Waals surface area contributed by atoms with E-state index in [1.165, 1.54) is 0 Å². The first-order valence-corrected chi connectivity index (χ1v) is 4.66. The van der Waals surface area contributed by atoms with Gasteiger partial charge in [-0.1, -0.05) is 0 Å². The molecule has 0 aromatic heterocycles. The van der Waals surface area contributed by atoms with Crippen molar-refractivity contribution >= 4 is 5.91 Å². The van der Waals surface area contributed by atoms with Crippen LogP contribution in [-0.2, 0) is 4.79 Å². The zero-order valence-corrected chi connectivity index (χ0v) is 8.60. The number of rotatable bonds is 4. The molecule has 0 spiro atoms. The van der Waals surface area contributed by atoms with Crippen molar-refractivity contribution in [2.45, 2.75) is 18.6 Å². The third-order valence-electron chi connectivity index (χ3n) is 2.19. The van der Waals surface area contributed by atoms with E-state index in [9.17, 15) is 23.8 Å². The first-order chi connectivity index (χ1) is 7.84. The normalized spacial score (nSPS) is 14.4. The number of carbonyl (C=O) groups excluding carboxylic acids is 1. The standard InChI is InChI=1S/C10H11F2NO4/c11-8-4(1-2-5(14)9(8)12)10(17)6(15)3-7(13)16/h1-2,6,10,14-15,17H,3H2,(H2,13,16). The smallest absolute Gasteiger partial charge is 0.220 e. The van der Waals surface area contributed by atoms with Gasteiger partial charge in [0, 0.05) is 5.56 Å². The maximum atomic E-state index is 13.3. The van der Waals surface area contributed by atoms with Crippen molar-refractivity contribution in [1.29, 1.82) is 0 Å². The fraction of sp³-hybridized carbons (Fsp3) is 0.300. The van der Waals surface area contributed by atoms with Gasteiger partial charge >= 0.3 is 0 Å². The lowest BCUT2D eigenvalue weighted by Gasteiger charge is -2.17. The molecule has 0 aliphatic heterocycles. The molecule has 0 bridgehead atoms. The minimum atomic E-state index is -1.81. The summed E-state index contributed by atoms with van der Waals surface area (Å²) in [7, 11) is 0. The van der Waals surface area contributed by atoms with Gasteiger partial charge in [0.1, 0.15) is 6.10 Å². The fourth-order valence-corrected chi connectivity index (χ4v) is 1.31. The minimum Gasteiger partial charge on any atom is -0.505 e. The number of phenols is 1. The lowest BCUT2D eigenvalue weighted by atomic mass is 10.0. The van der Waals surface area contributed by atoms with Gasteiger partial charge in [0.2, 0.25) is 11.7 Å². The molecule has 0 aliphatic carbocycles. The average Bonchev–Trinajstić information content (AvgIpc) is 2.24. The highest BCUT2D eigenvalue weighted by molar-refractivity contribution is 5.74. The predicted molar refractivity (Wildman–Crippen MR) is 52.8 cm³/mol. The number of aliphatic hydroxyl groups is 2. The van der Waals surface area contributed by atoms with Gasteiger partial charge in [-0.25, -0.2) is 4.39 Å². The SMILES string of the molecule is NC(=O)CC(O)C(O)c1ccc(O)c(F)c1F. The molecule has 7 heteroatoms. The number of carbonyl (C=O) groups is 1. The second-order valence-electron chi connectivity index (χ2n) is 3.48. The second kappa shape index (κ2) is 5.07. The van der Waals surface area contributed by atoms with Gasteiger partial charge < -0.3 is 21.1 Å². The molecule has 1 amide bonds. The van der Waals surface area contributed by atoms with Crippen LogP contribution >= 0.6 is 0 Å². The van der Waals surface area contributed by atoms with Crippen LogP contribution in [-0.4, -0.2) is 27.3 Å². The Balaban J connectivity index is 3.00. The van der Waals surface area contributed by atoms with E-state index in [-0.39, 0.29) is 0 Å². The summed E-state index contributed by atoms with van der Waals surface area (Å²) in [5, 5.41) is 27.7. The summed E-state index contributed by atoms with van der Waals surface area (Å²) in [4.78, 5) is 10.5. The van der Waals surface area contributed by atoms with Crippen molar-refractivity contribution in [3.05, 3.63) is 29.3 Å². The molecule has 5 nitrogen and oxygen atoms in total. The van der Waals surface area contributed by atoms with Crippen LogP contribution in [0.15, 0.2) is 12.1 Å². The number of hydrogen-bond donors (Lipinski definition) is 4. The minimum absolute atomic E-state index is 0.561. The molecule has 5 N–H and O–H groups in total. The number of aliphatic hydroxyl groups excluding tert-OH is 2. The zero-order chi connectivity index (χ0) is 13.2. The predicted octanol–water partition coefficient (Wildman–Crippen LogP) is -0.0599. The number of nitrogens with two attached hydrogens (primary N) is 1. The Hall–Kier alpha value is -1.73. The van der Waals surface area contributed by atoms with E-state index in [4.69, 9.17) is 10.8 Å². The number of amides is 1. The molecular weight excluding hydrogens is 236 g/mol. The largest absolute Gasteiger partial charge is 0.505 e. The van der Waals surface area contributed by atoms with Crippen LogP contribution in [0.5, 0.6) is 5.75 Å². The first kappa shape index (κ1) is 13.3. The van der Waals surface area contributed by atoms with Crippen molar-refractivity contribution in [1.82, 2.24) is 0 Å².